The van der Waals surface area contributed by atoms with E-state index < -0.39 is 8.07 Å². The second-order valence-electron chi connectivity index (χ2n) is 13.8. The third-order valence-corrected chi connectivity index (χ3v) is 15.7. The molecule has 0 atom stereocenters. The molecule has 0 fully saturated rings. The second-order valence-corrected chi connectivity index (χ2v) is 17.6. The summed E-state index contributed by atoms with van der Waals surface area (Å²) in [7, 11) is -2.56. The van der Waals surface area contributed by atoms with Gasteiger partial charge in [-0.3, -0.25) is 4.57 Å². The van der Waals surface area contributed by atoms with Crippen molar-refractivity contribution in [3.63, 3.8) is 0 Å². The zero-order valence-electron chi connectivity index (χ0n) is 29.5. The van der Waals surface area contributed by atoms with Crippen molar-refractivity contribution in [1.29, 1.82) is 0 Å². The Morgan fingerprint density at radius 1 is 0.333 bits per heavy atom. The van der Waals surface area contributed by atoms with Crippen molar-refractivity contribution >= 4 is 61.4 Å². The van der Waals surface area contributed by atoms with Crippen LogP contribution in [-0.4, -0.2) is 22.6 Å². The molecular formula is C50H35N3Si. The highest BCUT2D eigenvalue weighted by molar-refractivity contribution is 7.19. The van der Waals surface area contributed by atoms with Crippen LogP contribution in [0.15, 0.2) is 213 Å². The summed E-state index contributed by atoms with van der Waals surface area (Å²) < 4.78 is 2.20. The molecule has 2 heterocycles. The largest absolute Gasteiger partial charge is 0.277 e. The van der Waals surface area contributed by atoms with E-state index in [1.165, 1.54) is 53.4 Å². The Balaban J connectivity index is 0.994. The van der Waals surface area contributed by atoms with E-state index in [-0.39, 0.29) is 0 Å². The smallest absolute Gasteiger partial charge is 0.234 e. The van der Waals surface area contributed by atoms with Crippen molar-refractivity contribution < 1.29 is 0 Å². The summed E-state index contributed by atoms with van der Waals surface area (Å²) in [5.74, 6) is 0.666. The molecule has 0 radical (unpaired) electrons. The third kappa shape index (κ3) is 5.19. The predicted octanol–water partition coefficient (Wildman–Crippen LogP) is 9.44. The molecular weight excluding hydrogens is 671 g/mol. The summed E-state index contributed by atoms with van der Waals surface area (Å²) in [5, 5.41) is 10.3. The van der Waals surface area contributed by atoms with Crippen molar-refractivity contribution in [3.05, 3.63) is 213 Å². The average molecular weight is 706 g/mol. The normalized spacial score (nSPS) is 11.7. The predicted molar refractivity (Wildman–Crippen MR) is 228 cm³/mol. The fraction of sp³-hybridized carbons (Fsp3) is 0. The van der Waals surface area contributed by atoms with Crippen LogP contribution < -0.4 is 20.7 Å². The Morgan fingerprint density at radius 3 is 1.35 bits per heavy atom. The minimum Gasteiger partial charge on any atom is -0.277 e. The summed E-state index contributed by atoms with van der Waals surface area (Å²) in [4.78, 5) is 9.90. The molecule has 0 N–H and O–H groups in total. The van der Waals surface area contributed by atoms with Gasteiger partial charge in [0.1, 0.15) is 0 Å². The number of hydrogen-bond acceptors (Lipinski definition) is 2. The lowest BCUT2D eigenvalue weighted by molar-refractivity contribution is 0.992. The lowest BCUT2D eigenvalue weighted by atomic mass is 10.0. The van der Waals surface area contributed by atoms with Gasteiger partial charge in [-0.1, -0.05) is 194 Å². The van der Waals surface area contributed by atoms with Crippen LogP contribution in [0.3, 0.4) is 0 Å². The van der Waals surface area contributed by atoms with Gasteiger partial charge in [-0.25, -0.2) is 9.97 Å². The van der Waals surface area contributed by atoms with Crippen LogP contribution in [0.1, 0.15) is 0 Å². The van der Waals surface area contributed by atoms with Gasteiger partial charge in [-0.05, 0) is 48.9 Å². The molecule has 54 heavy (non-hydrogen) atoms. The molecule has 254 valence electrons. The van der Waals surface area contributed by atoms with Crippen molar-refractivity contribution in [1.82, 2.24) is 14.5 Å². The molecule has 3 nitrogen and oxygen atoms in total. The zero-order chi connectivity index (χ0) is 35.9. The molecule has 0 saturated heterocycles. The Bertz CT molecular complexity index is 2790. The van der Waals surface area contributed by atoms with Crippen LogP contribution in [0.2, 0.25) is 0 Å². The lowest BCUT2D eigenvalue weighted by Crippen LogP contribution is -2.74. The Hall–Kier alpha value is -6.88. The quantitative estimate of drug-likeness (QED) is 0.122. The van der Waals surface area contributed by atoms with E-state index >= 15 is 0 Å². The molecule has 0 aliphatic carbocycles. The first-order valence-corrected chi connectivity index (χ1v) is 20.4. The number of para-hydroxylation sites is 1. The number of rotatable bonds is 7. The fourth-order valence-corrected chi connectivity index (χ4v) is 13.1. The van der Waals surface area contributed by atoms with Crippen LogP contribution in [-0.2, 0) is 0 Å². The van der Waals surface area contributed by atoms with Crippen LogP contribution >= 0.6 is 0 Å². The van der Waals surface area contributed by atoms with E-state index in [1.54, 1.807) is 0 Å². The van der Waals surface area contributed by atoms with E-state index in [4.69, 9.17) is 9.97 Å². The van der Waals surface area contributed by atoms with Gasteiger partial charge in [0.15, 0.2) is 8.07 Å². The summed E-state index contributed by atoms with van der Waals surface area (Å²) in [6.07, 6.45) is 3.89. The fourth-order valence-electron chi connectivity index (χ4n) is 8.36. The van der Waals surface area contributed by atoms with Crippen molar-refractivity contribution in [2.45, 2.75) is 0 Å². The standard InChI is InChI=1S/C50H35N3Si/c1-4-15-41(16-5-1)54(42-17-6-2-7-18-42,43-19-8-3-9-20-43)44-31-28-37(29-32-44)36-24-26-38(27-25-36)40-34-51-50(52-35-40)53-48-23-13-12-22-46(48)47-33-30-39-14-10-11-21-45(39)49(47)53/h1-35H. The van der Waals surface area contributed by atoms with E-state index in [0.717, 1.165) is 22.2 Å². The highest BCUT2D eigenvalue weighted by Gasteiger charge is 2.41. The molecule has 10 aromatic rings. The topological polar surface area (TPSA) is 30.7 Å². The van der Waals surface area contributed by atoms with Crippen LogP contribution in [0.4, 0.5) is 0 Å². The number of fused-ring (bicyclic) bond motifs is 5. The Morgan fingerprint density at radius 2 is 0.778 bits per heavy atom. The van der Waals surface area contributed by atoms with Gasteiger partial charge in [0.25, 0.3) is 0 Å². The van der Waals surface area contributed by atoms with Gasteiger partial charge in [0, 0.05) is 34.1 Å². The summed E-state index contributed by atoms with van der Waals surface area (Å²) in [6, 6.07) is 72.7. The maximum absolute atomic E-state index is 4.95. The first-order chi connectivity index (χ1) is 26.8. The molecule has 10 rings (SSSR count). The van der Waals surface area contributed by atoms with Crippen LogP contribution in [0.5, 0.6) is 0 Å². The number of aromatic nitrogens is 3. The van der Waals surface area contributed by atoms with E-state index in [2.05, 4.69) is 205 Å². The Labute approximate surface area is 315 Å². The molecule has 0 spiro atoms. The second kappa shape index (κ2) is 13.3. The Kier molecular flexibility index (Phi) is 7.82. The number of benzene rings is 8. The highest BCUT2D eigenvalue weighted by Crippen LogP contribution is 2.36. The minimum atomic E-state index is -2.56. The van der Waals surface area contributed by atoms with Gasteiger partial charge in [0.2, 0.25) is 5.95 Å². The average Bonchev–Trinajstić information content (AvgIpc) is 3.60. The van der Waals surface area contributed by atoms with Gasteiger partial charge in [-0.15, -0.1) is 0 Å². The molecule has 4 heteroatoms. The van der Waals surface area contributed by atoms with Gasteiger partial charge >= 0.3 is 0 Å². The maximum Gasteiger partial charge on any atom is 0.234 e. The molecule has 0 amide bonds. The minimum absolute atomic E-state index is 0.666. The number of nitrogens with zero attached hydrogens (tertiary/aromatic N) is 3. The first kappa shape index (κ1) is 31.8. The van der Waals surface area contributed by atoms with Gasteiger partial charge in [-0.2, -0.15) is 0 Å². The molecule has 0 unspecified atom stereocenters. The van der Waals surface area contributed by atoms with Crippen LogP contribution in [0, 0.1) is 0 Å². The molecule has 0 aliphatic heterocycles. The van der Waals surface area contributed by atoms with Crippen molar-refractivity contribution in [3.8, 4) is 28.2 Å². The van der Waals surface area contributed by atoms with E-state index in [1.807, 2.05) is 12.4 Å². The van der Waals surface area contributed by atoms with Gasteiger partial charge in [0.05, 0.1) is 11.0 Å². The molecule has 0 bridgehead atoms. The maximum atomic E-state index is 4.95. The molecule has 0 aliphatic rings. The number of hydrogen-bond donors (Lipinski definition) is 0. The first-order valence-electron chi connectivity index (χ1n) is 18.4. The SMILES string of the molecule is c1ccc([Si](c2ccccc2)(c2ccccc2)c2ccc(-c3ccc(-c4cnc(-n5c6ccccc6c6ccc7ccccc7c65)nc4)cc3)cc2)cc1. The van der Waals surface area contributed by atoms with Gasteiger partial charge < -0.3 is 0 Å². The molecule has 2 aromatic heterocycles. The summed E-state index contributed by atoms with van der Waals surface area (Å²) in [6.45, 7) is 0. The van der Waals surface area contributed by atoms with Crippen molar-refractivity contribution in [2.24, 2.45) is 0 Å². The van der Waals surface area contributed by atoms with E-state index in [0.29, 0.717) is 5.95 Å². The highest BCUT2D eigenvalue weighted by atomic mass is 28.3. The molecule has 8 aromatic carbocycles. The summed E-state index contributed by atoms with van der Waals surface area (Å²) in [5.41, 5.74) is 6.66. The summed E-state index contributed by atoms with van der Waals surface area (Å²) >= 11 is 0. The third-order valence-electron chi connectivity index (χ3n) is 10.9. The lowest BCUT2D eigenvalue weighted by Gasteiger charge is -2.34. The monoisotopic (exact) mass is 705 g/mol. The van der Waals surface area contributed by atoms with Crippen LogP contribution in [0.25, 0.3) is 60.8 Å². The van der Waals surface area contributed by atoms with E-state index in [9.17, 15) is 0 Å². The van der Waals surface area contributed by atoms with Crippen molar-refractivity contribution in [2.75, 3.05) is 0 Å². The molecule has 0 saturated carbocycles. The zero-order valence-corrected chi connectivity index (χ0v) is 30.5.